The van der Waals surface area contributed by atoms with Gasteiger partial charge in [0.05, 0.1) is 11.4 Å². The summed E-state index contributed by atoms with van der Waals surface area (Å²) in [5, 5.41) is 0. The molecule has 0 aliphatic rings. The fourth-order valence-electron chi connectivity index (χ4n) is 1.97. The van der Waals surface area contributed by atoms with Crippen LogP contribution in [0.4, 0.5) is 17.1 Å². The van der Waals surface area contributed by atoms with E-state index in [4.69, 9.17) is 5.73 Å². The minimum atomic E-state index is -3.47. The second-order valence-corrected chi connectivity index (χ2v) is 6.77. The van der Waals surface area contributed by atoms with Crippen molar-refractivity contribution in [2.75, 3.05) is 29.5 Å². The van der Waals surface area contributed by atoms with Crippen molar-refractivity contribution in [3.05, 3.63) is 54.1 Å². The summed E-state index contributed by atoms with van der Waals surface area (Å²) in [7, 11) is 0.335. The van der Waals surface area contributed by atoms with Gasteiger partial charge in [0, 0.05) is 25.5 Å². The van der Waals surface area contributed by atoms with Crippen LogP contribution in [0.25, 0.3) is 0 Å². The SMILES string of the molecule is CN(C)c1cccc(NS(=O)(=O)Cc2cccc(N)c2)c1. The largest absolute Gasteiger partial charge is 0.399 e. The number of nitrogens with zero attached hydrogens (tertiary/aromatic N) is 1. The van der Waals surface area contributed by atoms with Gasteiger partial charge in [0.25, 0.3) is 0 Å². The topological polar surface area (TPSA) is 75.4 Å². The first-order valence-electron chi connectivity index (χ1n) is 6.48. The zero-order valence-electron chi connectivity index (χ0n) is 12.1. The van der Waals surface area contributed by atoms with Crippen LogP contribution in [0.2, 0.25) is 0 Å². The summed E-state index contributed by atoms with van der Waals surface area (Å²) >= 11 is 0. The maximum absolute atomic E-state index is 12.2. The molecule has 2 aromatic carbocycles. The Labute approximate surface area is 125 Å². The lowest BCUT2D eigenvalue weighted by molar-refractivity contribution is 0.600. The van der Waals surface area contributed by atoms with Crippen molar-refractivity contribution >= 4 is 27.1 Å². The highest BCUT2D eigenvalue weighted by Crippen LogP contribution is 2.19. The van der Waals surface area contributed by atoms with Crippen molar-refractivity contribution in [2.24, 2.45) is 0 Å². The Morgan fingerprint density at radius 2 is 1.81 bits per heavy atom. The van der Waals surface area contributed by atoms with Crippen molar-refractivity contribution in [3.63, 3.8) is 0 Å². The zero-order valence-corrected chi connectivity index (χ0v) is 12.9. The van der Waals surface area contributed by atoms with Gasteiger partial charge >= 0.3 is 0 Å². The molecule has 0 aliphatic carbocycles. The van der Waals surface area contributed by atoms with Gasteiger partial charge in [-0.2, -0.15) is 0 Å². The summed E-state index contributed by atoms with van der Waals surface area (Å²) in [4.78, 5) is 1.91. The molecule has 0 saturated carbocycles. The molecule has 0 radical (unpaired) electrons. The van der Waals surface area contributed by atoms with Gasteiger partial charge in [0.2, 0.25) is 10.0 Å². The highest BCUT2D eigenvalue weighted by molar-refractivity contribution is 7.91. The lowest BCUT2D eigenvalue weighted by Gasteiger charge is -2.14. The third-order valence-corrected chi connectivity index (χ3v) is 4.20. The van der Waals surface area contributed by atoms with Crippen LogP contribution in [-0.2, 0) is 15.8 Å². The molecule has 0 spiro atoms. The normalized spacial score (nSPS) is 11.1. The summed E-state index contributed by atoms with van der Waals surface area (Å²) in [5.74, 6) is -0.107. The van der Waals surface area contributed by atoms with Gasteiger partial charge in [0.15, 0.2) is 0 Å². The lowest BCUT2D eigenvalue weighted by Crippen LogP contribution is -2.16. The first kappa shape index (κ1) is 15.2. The molecule has 0 bridgehead atoms. The number of benzene rings is 2. The standard InChI is InChI=1S/C15H19N3O2S/c1-18(2)15-8-4-7-14(10-15)17-21(19,20)11-12-5-3-6-13(16)9-12/h3-10,17H,11,16H2,1-2H3. The molecule has 2 rings (SSSR count). The van der Waals surface area contributed by atoms with Gasteiger partial charge in [-0.15, -0.1) is 0 Å². The maximum Gasteiger partial charge on any atom is 0.236 e. The van der Waals surface area contributed by atoms with Crippen LogP contribution in [0.15, 0.2) is 48.5 Å². The fourth-order valence-corrected chi connectivity index (χ4v) is 3.14. The molecule has 0 atom stereocenters. The molecule has 3 N–H and O–H groups in total. The Morgan fingerprint density at radius 1 is 1.10 bits per heavy atom. The van der Waals surface area contributed by atoms with E-state index in [1.54, 1.807) is 36.4 Å². The van der Waals surface area contributed by atoms with E-state index in [1.807, 2.05) is 31.1 Å². The lowest BCUT2D eigenvalue weighted by atomic mass is 10.2. The highest BCUT2D eigenvalue weighted by Gasteiger charge is 2.12. The van der Waals surface area contributed by atoms with Gasteiger partial charge in [-0.25, -0.2) is 8.42 Å². The first-order chi connectivity index (χ1) is 9.85. The minimum Gasteiger partial charge on any atom is -0.399 e. The van der Waals surface area contributed by atoms with Gasteiger partial charge in [-0.05, 0) is 35.9 Å². The number of nitrogen functional groups attached to an aromatic ring is 1. The van der Waals surface area contributed by atoms with Crippen molar-refractivity contribution < 1.29 is 8.42 Å². The number of nitrogens with two attached hydrogens (primary N) is 1. The molecule has 0 fully saturated rings. The number of hydrogen-bond acceptors (Lipinski definition) is 4. The van der Waals surface area contributed by atoms with Crippen molar-refractivity contribution in [1.29, 1.82) is 0 Å². The molecule has 112 valence electrons. The smallest absolute Gasteiger partial charge is 0.236 e. The number of rotatable bonds is 5. The third-order valence-electron chi connectivity index (χ3n) is 2.94. The Bertz CT molecular complexity index is 727. The molecule has 0 amide bonds. The molecule has 0 unspecified atom stereocenters. The Hall–Kier alpha value is -2.21. The van der Waals surface area contributed by atoms with Crippen LogP contribution in [0.5, 0.6) is 0 Å². The molecule has 2 aromatic rings. The fraction of sp³-hybridized carbons (Fsp3) is 0.200. The molecule has 6 heteroatoms. The van der Waals surface area contributed by atoms with E-state index in [0.29, 0.717) is 16.9 Å². The Morgan fingerprint density at radius 3 is 2.48 bits per heavy atom. The zero-order chi connectivity index (χ0) is 15.5. The van der Waals surface area contributed by atoms with Crippen LogP contribution in [0.1, 0.15) is 5.56 Å². The summed E-state index contributed by atoms with van der Waals surface area (Å²) in [6, 6.07) is 14.1. The average molecular weight is 305 g/mol. The van der Waals surface area contributed by atoms with Crippen LogP contribution in [0, 0.1) is 0 Å². The van der Waals surface area contributed by atoms with Crippen LogP contribution >= 0.6 is 0 Å². The maximum atomic E-state index is 12.2. The summed E-state index contributed by atoms with van der Waals surface area (Å²) in [5.41, 5.74) is 8.35. The van der Waals surface area contributed by atoms with E-state index < -0.39 is 10.0 Å². The highest BCUT2D eigenvalue weighted by atomic mass is 32.2. The summed E-state index contributed by atoms with van der Waals surface area (Å²) in [6.07, 6.45) is 0. The Kier molecular flexibility index (Phi) is 4.37. The van der Waals surface area contributed by atoms with E-state index in [2.05, 4.69) is 4.72 Å². The summed E-state index contributed by atoms with van der Waals surface area (Å²) < 4.78 is 27.0. The number of hydrogen-bond donors (Lipinski definition) is 2. The van der Waals surface area contributed by atoms with E-state index in [0.717, 1.165) is 5.69 Å². The molecule has 0 aromatic heterocycles. The summed E-state index contributed by atoms with van der Waals surface area (Å²) in [6.45, 7) is 0. The van der Waals surface area contributed by atoms with E-state index in [1.165, 1.54) is 0 Å². The number of anilines is 3. The minimum absolute atomic E-state index is 0.107. The average Bonchev–Trinajstić information content (AvgIpc) is 2.37. The molecular weight excluding hydrogens is 286 g/mol. The van der Waals surface area contributed by atoms with Crippen LogP contribution in [-0.4, -0.2) is 22.5 Å². The molecule has 0 saturated heterocycles. The second kappa shape index (κ2) is 6.05. The van der Waals surface area contributed by atoms with E-state index in [9.17, 15) is 8.42 Å². The first-order valence-corrected chi connectivity index (χ1v) is 8.13. The van der Waals surface area contributed by atoms with Gasteiger partial charge in [-0.3, -0.25) is 4.72 Å². The van der Waals surface area contributed by atoms with Crippen LogP contribution < -0.4 is 15.4 Å². The van der Waals surface area contributed by atoms with Gasteiger partial charge in [0.1, 0.15) is 0 Å². The van der Waals surface area contributed by atoms with Crippen molar-refractivity contribution in [3.8, 4) is 0 Å². The molecule has 0 aliphatic heterocycles. The van der Waals surface area contributed by atoms with Gasteiger partial charge < -0.3 is 10.6 Å². The molecule has 21 heavy (non-hydrogen) atoms. The molecule has 5 nitrogen and oxygen atoms in total. The molecule has 0 heterocycles. The molecular formula is C15H19N3O2S. The monoisotopic (exact) mass is 305 g/mol. The van der Waals surface area contributed by atoms with Crippen molar-refractivity contribution in [1.82, 2.24) is 0 Å². The van der Waals surface area contributed by atoms with Crippen molar-refractivity contribution in [2.45, 2.75) is 5.75 Å². The second-order valence-electron chi connectivity index (χ2n) is 5.05. The quantitative estimate of drug-likeness (QED) is 0.831. The van der Waals surface area contributed by atoms with Crippen LogP contribution in [0.3, 0.4) is 0 Å². The van der Waals surface area contributed by atoms with E-state index >= 15 is 0 Å². The predicted molar refractivity (Wildman–Crippen MR) is 87.9 cm³/mol. The predicted octanol–water partition coefficient (Wildman–Crippen LogP) is 2.28. The van der Waals surface area contributed by atoms with E-state index in [-0.39, 0.29) is 5.75 Å². The third kappa shape index (κ3) is 4.39. The Balaban J connectivity index is 2.16. The number of sulfonamides is 1. The number of nitrogens with one attached hydrogen (secondary N) is 1. The van der Waals surface area contributed by atoms with Gasteiger partial charge in [-0.1, -0.05) is 18.2 Å².